The Balaban J connectivity index is 2.15. The molecule has 1 aromatic carbocycles. The number of benzene rings is 1. The zero-order valence-corrected chi connectivity index (χ0v) is 8.53. The number of rotatable bonds is 3. The molecule has 2 aromatic rings. The molecule has 0 atom stereocenters. The fraction of sp³-hybridized carbons (Fsp3) is 0. The first-order chi connectivity index (χ1) is 7.25. The second-order valence-electron chi connectivity index (χ2n) is 2.77. The number of hydrogen-bond acceptors (Lipinski definition) is 4. The molecule has 76 valence electrons. The first kappa shape index (κ1) is 9.67. The number of amides is 1. The highest BCUT2D eigenvalue weighted by Crippen LogP contribution is 2.25. The van der Waals surface area contributed by atoms with E-state index in [1.54, 1.807) is 0 Å². The van der Waals surface area contributed by atoms with E-state index >= 15 is 0 Å². The summed E-state index contributed by atoms with van der Waals surface area (Å²) >= 11 is 1.13. The van der Waals surface area contributed by atoms with Gasteiger partial charge in [-0.1, -0.05) is 29.5 Å². The largest absolute Gasteiger partial charge is 0.431 e. The van der Waals surface area contributed by atoms with Crippen molar-refractivity contribution in [2.24, 2.45) is 5.73 Å². The van der Waals surface area contributed by atoms with Crippen LogP contribution in [-0.2, 0) is 0 Å². The molecule has 2 rings (SSSR count). The van der Waals surface area contributed by atoms with E-state index in [9.17, 15) is 4.79 Å². The number of nitrogens with two attached hydrogens (primary N) is 1. The molecule has 0 bridgehead atoms. The molecule has 0 spiro atoms. The molecule has 0 fully saturated rings. The summed E-state index contributed by atoms with van der Waals surface area (Å²) in [5, 5.41) is 0.412. The normalized spacial score (nSPS) is 9.87. The van der Waals surface area contributed by atoms with Gasteiger partial charge in [0.15, 0.2) is 0 Å². The number of carbonyl (C=O) groups excluding carboxylic acids is 1. The Bertz CT molecular complexity index is 467. The van der Waals surface area contributed by atoms with Crippen molar-refractivity contribution >= 4 is 17.2 Å². The Morgan fingerprint density at radius 1 is 1.33 bits per heavy atom. The molecule has 5 heteroatoms. The quantitative estimate of drug-likeness (QED) is 0.860. The average Bonchev–Trinajstić information content (AvgIpc) is 2.68. The minimum atomic E-state index is -0.490. The van der Waals surface area contributed by atoms with Crippen molar-refractivity contribution in [2.45, 2.75) is 0 Å². The zero-order valence-electron chi connectivity index (χ0n) is 7.71. The lowest BCUT2D eigenvalue weighted by atomic mass is 10.3. The van der Waals surface area contributed by atoms with Gasteiger partial charge in [-0.25, -0.2) is 4.98 Å². The lowest BCUT2D eigenvalue weighted by molar-refractivity contribution is 0.100. The first-order valence-corrected chi connectivity index (χ1v) is 5.06. The van der Waals surface area contributed by atoms with Crippen molar-refractivity contribution < 1.29 is 9.53 Å². The lowest BCUT2D eigenvalue weighted by Gasteiger charge is -1.98. The topological polar surface area (TPSA) is 65.2 Å². The predicted molar refractivity (Wildman–Crippen MR) is 57.1 cm³/mol. The van der Waals surface area contributed by atoms with Gasteiger partial charge in [0.2, 0.25) is 0 Å². The number of carbonyl (C=O) groups is 1. The highest BCUT2D eigenvalue weighted by atomic mass is 32.1. The van der Waals surface area contributed by atoms with Crippen molar-refractivity contribution in [1.82, 2.24) is 4.98 Å². The maximum absolute atomic E-state index is 10.8. The van der Waals surface area contributed by atoms with E-state index < -0.39 is 5.91 Å². The van der Waals surface area contributed by atoms with Gasteiger partial charge in [0.05, 0.1) is 6.20 Å². The van der Waals surface area contributed by atoms with Crippen LogP contribution < -0.4 is 10.5 Å². The number of hydrogen-bond donors (Lipinski definition) is 1. The van der Waals surface area contributed by atoms with Gasteiger partial charge in [-0.2, -0.15) is 0 Å². The molecule has 0 radical (unpaired) electrons. The first-order valence-electron chi connectivity index (χ1n) is 4.24. The Morgan fingerprint density at radius 2 is 2.07 bits per heavy atom. The summed E-state index contributed by atoms with van der Waals surface area (Å²) in [5.74, 6) is 0.193. The summed E-state index contributed by atoms with van der Waals surface area (Å²) in [6.45, 7) is 0. The highest BCUT2D eigenvalue weighted by molar-refractivity contribution is 7.15. The number of para-hydroxylation sites is 1. The molecule has 0 saturated carbocycles. The minimum Gasteiger partial charge on any atom is -0.431 e. The summed E-state index contributed by atoms with van der Waals surface area (Å²) in [5.41, 5.74) is 5.10. The molecule has 1 heterocycles. The Labute approximate surface area is 90.3 Å². The van der Waals surface area contributed by atoms with Crippen molar-refractivity contribution in [2.75, 3.05) is 0 Å². The molecular weight excluding hydrogens is 212 g/mol. The van der Waals surface area contributed by atoms with Crippen molar-refractivity contribution in [3.63, 3.8) is 0 Å². The van der Waals surface area contributed by atoms with E-state index in [1.165, 1.54) is 6.20 Å². The van der Waals surface area contributed by atoms with E-state index in [1.807, 2.05) is 30.3 Å². The maximum atomic E-state index is 10.8. The fourth-order valence-corrected chi connectivity index (χ4v) is 1.65. The van der Waals surface area contributed by atoms with Crippen LogP contribution in [0.3, 0.4) is 0 Å². The number of thiazole rings is 1. The second kappa shape index (κ2) is 4.10. The van der Waals surface area contributed by atoms with E-state index in [0.29, 0.717) is 15.8 Å². The van der Waals surface area contributed by atoms with Crippen LogP contribution in [0.1, 0.15) is 9.67 Å². The molecule has 1 aromatic heterocycles. The van der Waals surface area contributed by atoms with Gasteiger partial charge in [-0.3, -0.25) is 4.79 Å². The van der Waals surface area contributed by atoms with Crippen LogP contribution in [0.25, 0.3) is 0 Å². The third kappa shape index (κ3) is 2.32. The van der Waals surface area contributed by atoms with Gasteiger partial charge in [-0.05, 0) is 12.1 Å². The molecule has 0 aliphatic heterocycles. The lowest BCUT2D eigenvalue weighted by Crippen LogP contribution is -2.08. The number of ether oxygens (including phenoxy) is 1. The van der Waals surface area contributed by atoms with Gasteiger partial charge in [-0.15, -0.1) is 0 Å². The molecule has 15 heavy (non-hydrogen) atoms. The second-order valence-corrected chi connectivity index (χ2v) is 3.76. The van der Waals surface area contributed by atoms with Crippen LogP contribution in [0, 0.1) is 0 Å². The highest BCUT2D eigenvalue weighted by Gasteiger charge is 2.07. The summed E-state index contributed by atoms with van der Waals surface area (Å²) < 4.78 is 5.41. The van der Waals surface area contributed by atoms with Crippen molar-refractivity contribution in [3.8, 4) is 10.9 Å². The van der Waals surface area contributed by atoms with Gasteiger partial charge in [0.25, 0.3) is 11.1 Å². The maximum Gasteiger partial charge on any atom is 0.279 e. The van der Waals surface area contributed by atoms with Crippen molar-refractivity contribution in [3.05, 3.63) is 41.4 Å². The van der Waals surface area contributed by atoms with Crippen LogP contribution in [0.2, 0.25) is 0 Å². The van der Waals surface area contributed by atoms with Gasteiger partial charge in [0, 0.05) is 0 Å². The smallest absolute Gasteiger partial charge is 0.279 e. The standard InChI is InChI=1S/C10H8N2O2S/c11-9(13)8-6-12-10(15-8)14-7-4-2-1-3-5-7/h1-6H,(H2,11,13). The van der Waals surface area contributed by atoms with E-state index in [2.05, 4.69) is 4.98 Å². The molecular formula is C10H8N2O2S. The number of nitrogens with zero attached hydrogens (tertiary/aromatic N) is 1. The molecule has 0 unspecified atom stereocenters. The predicted octanol–water partition coefficient (Wildman–Crippen LogP) is 2.03. The summed E-state index contributed by atoms with van der Waals surface area (Å²) in [6, 6.07) is 9.23. The van der Waals surface area contributed by atoms with Crippen molar-refractivity contribution in [1.29, 1.82) is 0 Å². The molecule has 4 nitrogen and oxygen atoms in total. The van der Waals surface area contributed by atoms with E-state index in [0.717, 1.165) is 11.3 Å². The number of primary amides is 1. The van der Waals surface area contributed by atoms with Gasteiger partial charge < -0.3 is 10.5 Å². The Morgan fingerprint density at radius 3 is 2.67 bits per heavy atom. The molecule has 0 aliphatic rings. The van der Waals surface area contributed by atoms with Gasteiger partial charge in [0.1, 0.15) is 10.6 Å². The SMILES string of the molecule is NC(=O)c1cnc(Oc2ccccc2)s1. The van der Waals surface area contributed by atoms with Crippen LogP contribution in [-0.4, -0.2) is 10.9 Å². The monoisotopic (exact) mass is 220 g/mol. The fourth-order valence-electron chi connectivity index (χ4n) is 1.01. The van der Waals surface area contributed by atoms with Crippen LogP contribution in [0.15, 0.2) is 36.5 Å². The Kier molecular flexibility index (Phi) is 2.64. The van der Waals surface area contributed by atoms with Gasteiger partial charge >= 0.3 is 0 Å². The third-order valence-electron chi connectivity index (χ3n) is 1.68. The molecule has 2 N–H and O–H groups in total. The number of aromatic nitrogens is 1. The zero-order chi connectivity index (χ0) is 10.7. The summed E-state index contributed by atoms with van der Waals surface area (Å²) in [4.78, 5) is 15.1. The van der Waals surface area contributed by atoms with Crippen LogP contribution >= 0.6 is 11.3 Å². The molecule has 0 saturated heterocycles. The van der Waals surface area contributed by atoms with E-state index in [-0.39, 0.29) is 0 Å². The van der Waals surface area contributed by atoms with Crippen LogP contribution in [0.5, 0.6) is 10.9 Å². The summed E-state index contributed by atoms with van der Waals surface area (Å²) in [6.07, 6.45) is 1.41. The summed E-state index contributed by atoms with van der Waals surface area (Å²) in [7, 11) is 0. The van der Waals surface area contributed by atoms with E-state index in [4.69, 9.17) is 10.5 Å². The molecule has 1 amide bonds. The minimum absolute atomic E-state index is 0.390. The Hall–Kier alpha value is -1.88. The van der Waals surface area contributed by atoms with Crippen LogP contribution in [0.4, 0.5) is 0 Å². The third-order valence-corrected chi connectivity index (χ3v) is 2.57. The molecule has 0 aliphatic carbocycles. The average molecular weight is 220 g/mol.